The highest BCUT2D eigenvalue weighted by atomic mass is 79.9. The first-order chi connectivity index (χ1) is 9.70. The van der Waals surface area contributed by atoms with Gasteiger partial charge in [-0.15, -0.1) is 0 Å². The van der Waals surface area contributed by atoms with Crippen molar-refractivity contribution in [1.82, 2.24) is 9.36 Å². The fourth-order valence-corrected chi connectivity index (χ4v) is 2.63. The molecular weight excluding hydrogens is 334 g/mol. The van der Waals surface area contributed by atoms with Crippen molar-refractivity contribution in [2.24, 2.45) is 0 Å². The van der Waals surface area contributed by atoms with Crippen LogP contribution in [-0.2, 0) is 0 Å². The average Bonchev–Trinajstić information content (AvgIpc) is 2.91. The number of anilines is 2. The Kier molecular flexibility index (Phi) is 3.80. The third-order valence-corrected chi connectivity index (χ3v) is 3.99. The van der Waals surface area contributed by atoms with Crippen LogP contribution < -0.4 is 5.32 Å². The Hall–Kier alpha value is -1.72. The van der Waals surface area contributed by atoms with Crippen molar-refractivity contribution >= 4 is 38.3 Å². The zero-order valence-electron chi connectivity index (χ0n) is 10.8. The van der Waals surface area contributed by atoms with Crippen molar-refractivity contribution < 1.29 is 0 Å². The standard InChI is InChI=1S/C15H12BrN3S/c1-10-2-8-13(9-3-10)17-15-18-14(19-20-15)11-4-6-12(16)7-5-11/h2-9H,1H3,(H,17,18,19). The van der Waals surface area contributed by atoms with E-state index in [1.165, 1.54) is 17.1 Å². The van der Waals surface area contributed by atoms with Crippen LogP contribution in [-0.4, -0.2) is 9.36 Å². The number of halogens is 1. The second kappa shape index (κ2) is 5.73. The molecule has 100 valence electrons. The quantitative estimate of drug-likeness (QED) is 0.724. The van der Waals surface area contributed by atoms with E-state index >= 15 is 0 Å². The highest BCUT2D eigenvalue weighted by molar-refractivity contribution is 9.10. The van der Waals surface area contributed by atoms with Crippen molar-refractivity contribution in [3.63, 3.8) is 0 Å². The first-order valence-corrected chi connectivity index (χ1v) is 7.71. The zero-order chi connectivity index (χ0) is 13.9. The van der Waals surface area contributed by atoms with Gasteiger partial charge in [0.25, 0.3) is 0 Å². The van der Waals surface area contributed by atoms with Gasteiger partial charge >= 0.3 is 0 Å². The number of hydrogen-bond donors (Lipinski definition) is 1. The normalized spacial score (nSPS) is 10.5. The molecule has 20 heavy (non-hydrogen) atoms. The van der Waals surface area contributed by atoms with Crippen LogP contribution in [0.5, 0.6) is 0 Å². The molecule has 0 amide bonds. The van der Waals surface area contributed by atoms with E-state index in [9.17, 15) is 0 Å². The van der Waals surface area contributed by atoms with Crippen molar-refractivity contribution in [3.05, 3.63) is 58.6 Å². The van der Waals surface area contributed by atoms with Crippen molar-refractivity contribution in [2.45, 2.75) is 6.92 Å². The van der Waals surface area contributed by atoms with Gasteiger partial charge in [-0.25, -0.2) is 0 Å². The minimum Gasteiger partial charge on any atom is -0.330 e. The Morgan fingerprint density at radius 2 is 1.70 bits per heavy atom. The first-order valence-electron chi connectivity index (χ1n) is 6.14. The van der Waals surface area contributed by atoms with Crippen LogP contribution in [0, 0.1) is 6.92 Å². The Morgan fingerprint density at radius 3 is 2.40 bits per heavy atom. The number of hydrogen-bond acceptors (Lipinski definition) is 4. The molecule has 5 heteroatoms. The molecule has 3 nitrogen and oxygen atoms in total. The molecule has 3 rings (SSSR count). The van der Waals surface area contributed by atoms with Gasteiger partial charge in [-0.05, 0) is 31.2 Å². The summed E-state index contributed by atoms with van der Waals surface area (Å²) in [6, 6.07) is 16.2. The van der Waals surface area contributed by atoms with Gasteiger partial charge in [0.15, 0.2) is 5.82 Å². The smallest absolute Gasteiger partial charge is 0.207 e. The van der Waals surface area contributed by atoms with Gasteiger partial charge in [0.1, 0.15) is 0 Å². The van der Waals surface area contributed by atoms with Crippen LogP contribution in [0.3, 0.4) is 0 Å². The van der Waals surface area contributed by atoms with Crippen molar-refractivity contribution in [2.75, 3.05) is 5.32 Å². The SMILES string of the molecule is Cc1ccc(Nc2nc(-c3ccc(Br)cc3)ns2)cc1. The first kappa shape index (κ1) is 13.3. The van der Waals surface area contributed by atoms with Gasteiger partial charge < -0.3 is 5.32 Å². The lowest BCUT2D eigenvalue weighted by atomic mass is 10.2. The third kappa shape index (κ3) is 3.05. The fraction of sp³-hybridized carbons (Fsp3) is 0.0667. The summed E-state index contributed by atoms with van der Waals surface area (Å²) in [6.07, 6.45) is 0. The van der Waals surface area contributed by atoms with E-state index in [0.29, 0.717) is 0 Å². The average molecular weight is 346 g/mol. The van der Waals surface area contributed by atoms with Crippen LogP contribution >= 0.6 is 27.5 Å². The molecule has 3 aromatic rings. The Balaban J connectivity index is 1.80. The van der Waals surface area contributed by atoms with E-state index in [1.54, 1.807) is 0 Å². The molecule has 0 saturated heterocycles. The lowest BCUT2D eigenvalue weighted by Crippen LogP contribution is -1.89. The largest absolute Gasteiger partial charge is 0.330 e. The summed E-state index contributed by atoms with van der Waals surface area (Å²) >= 11 is 4.79. The molecule has 0 unspecified atom stereocenters. The molecule has 0 fully saturated rings. The van der Waals surface area contributed by atoms with Gasteiger partial charge in [0, 0.05) is 27.3 Å². The predicted molar refractivity (Wildman–Crippen MR) is 87.5 cm³/mol. The summed E-state index contributed by atoms with van der Waals surface area (Å²) in [5, 5.41) is 4.07. The number of benzene rings is 2. The summed E-state index contributed by atoms with van der Waals surface area (Å²) in [5.74, 6) is 0.747. The summed E-state index contributed by atoms with van der Waals surface area (Å²) in [4.78, 5) is 4.51. The van der Waals surface area contributed by atoms with Crippen molar-refractivity contribution in [1.29, 1.82) is 0 Å². The van der Waals surface area contributed by atoms with Crippen molar-refractivity contribution in [3.8, 4) is 11.4 Å². The minimum absolute atomic E-state index is 0.747. The van der Waals surface area contributed by atoms with E-state index < -0.39 is 0 Å². The molecule has 1 aromatic heterocycles. The zero-order valence-corrected chi connectivity index (χ0v) is 13.2. The molecule has 1 N–H and O–H groups in total. The van der Waals surface area contributed by atoms with Crippen LogP contribution in [0.15, 0.2) is 53.0 Å². The van der Waals surface area contributed by atoms with Gasteiger partial charge in [-0.2, -0.15) is 9.36 Å². The number of aryl methyl sites for hydroxylation is 1. The van der Waals surface area contributed by atoms with Gasteiger partial charge in [0.05, 0.1) is 0 Å². The van der Waals surface area contributed by atoms with E-state index in [4.69, 9.17) is 0 Å². The lowest BCUT2D eigenvalue weighted by molar-refractivity contribution is 1.31. The number of rotatable bonds is 3. The second-order valence-electron chi connectivity index (χ2n) is 4.42. The van der Waals surface area contributed by atoms with Gasteiger partial charge in [-0.1, -0.05) is 45.8 Å². The highest BCUT2D eigenvalue weighted by Crippen LogP contribution is 2.25. The van der Waals surface area contributed by atoms with Crippen LogP contribution in [0.2, 0.25) is 0 Å². The maximum absolute atomic E-state index is 4.51. The molecule has 0 aliphatic carbocycles. The Labute approximate surface area is 130 Å². The fourth-order valence-electron chi connectivity index (χ4n) is 1.75. The number of nitrogens with zero attached hydrogens (tertiary/aromatic N) is 2. The maximum Gasteiger partial charge on any atom is 0.207 e. The van der Waals surface area contributed by atoms with Crippen LogP contribution in [0.4, 0.5) is 10.8 Å². The third-order valence-electron chi connectivity index (χ3n) is 2.83. The maximum atomic E-state index is 4.51. The molecule has 0 spiro atoms. The molecule has 0 radical (unpaired) electrons. The van der Waals surface area contributed by atoms with Crippen LogP contribution in [0.25, 0.3) is 11.4 Å². The molecule has 0 saturated carbocycles. The van der Waals surface area contributed by atoms with E-state index in [-0.39, 0.29) is 0 Å². The molecule has 1 heterocycles. The molecule has 2 aromatic carbocycles. The number of nitrogens with one attached hydrogen (secondary N) is 1. The van der Waals surface area contributed by atoms with E-state index in [1.807, 2.05) is 36.4 Å². The molecular formula is C15H12BrN3S. The summed E-state index contributed by atoms with van der Waals surface area (Å²) in [7, 11) is 0. The molecule has 0 aliphatic heterocycles. The summed E-state index contributed by atoms with van der Waals surface area (Å²) in [5.41, 5.74) is 3.28. The van der Waals surface area contributed by atoms with E-state index in [0.717, 1.165) is 26.7 Å². The molecule has 0 aliphatic rings. The Bertz CT molecular complexity index is 705. The predicted octanol–water partition coefficient (Wildman–Crippen LogP) is 5.02. The lowest BCUT2D eigenvalue weighted by Gasteiger charge is -2.01. The highest BCUT2D eigenvalue weighted by Gasteiger charge is 2.06. The monoisotopic (exact) mass is 345 g/mol. The topological polar surface area (TPSA) is 37.8 Å². The molecule has 0 bridgehead atoms. The summed E-state index contributed by atoms with van der Waals surface area (Å²) in [6.45, 7) is 2.07. The Morgan fingerprint density at radius 1 is 1.00 bits per heavy atom. The minimum atomic E-state index is 0.747. The second-order valence-corrected chi connectivity index (χ2v) is 6.09. The number of aromatic nitrogens is 2. The molecule has 0 atom stereocenters. The summed E-state index contributed by atoms with van der Waals surface area (Å²) < 4.78 is 5.43. The van der Waals surface area contributed by atoms with Crippen LogP contribution in [0.1, 0.15) is 5.56 Å². The van der Waals surface area contributed by atoms with Gasteiger partial charge in [0.2, 0.25) is 5.13 Å². The van der Waals surface area contributed by atoms with Gasteiger partial charge in [-0.3, -0.25) is 0 Å². The van der Waals surface area contributed by atoms with E-state index in [2.05, 4.69) is 49.7 Å².